The summed E-state index contributed by atoms with van der Waals surface area (Å²) in [6.45, 7) is 1.67. The van der Waals surface area contributed by atoms with Gasteiger partial charge in [-0.3, -0.25) is 14.9 Å². The molecule has 2 amide bonds. The third-order valence-electron chi connectivity index (χ3n) is 4.17. The number of rotatable bonds is 4. The summed E-state index contributed by atoms with van der Waals surface area (Å²) in [5.41, 5.74) is -0.213. The number of benzene rings is 1. The second-order valence-corrected chi connectivity index (χ2v) is 7.07. The molecule has 0 aliphatic carbocycles. The summed E-state index contributed by atoms with van der Waals surface area (Å²) in [6.07, 6.45) is -3.39. The van der Waals surface area contributed by atoms with Gasteiger partial charge in [0.15, 0.2) is 0 Å². The number of aromatic nitrogens is 1. The van der Waals surface area contributed by atoms with Crippen LogP contribution >= 0.6 is 11.3 Å². The Morgan fingerprint density at radius 2 is 2.04 bits per heavy atom. The Bertz CT molecular complexity index is 809. The minimum atomic E-state index is -4.41. The van der Waals surface area contributed by atoms with E-state index in [2.05, 4.69) is 20.9 Å². The smallest absolute Gasteiger partial charge is 0.348 e. The predicted molar refractivity (Wildman–Crippen MR) is 92.5 cm³/mol. The Morgan fingerprint density at radius 3 is 2.63 bits per heavy atom. The number of carbonyl (C=O) groups is 2. The summed E-state index contributed by atoms with van der Waals surface area (Å²) >= 11 is 1.35. The number of halogens is 3. The summed E-state index contributed by atoms with van der Waals surface area (Å²) < 4.78 is 37.9. The highest BCUT2D eigenvalue weighted by atomic mass is 32.1. The maximum Gasteiger partial charge on any atom is 0.416 e. The van der Waals surface area contributed by atoms with Gasteiger partial charge in [-0.15, -0.1) is 11.3 Å². The van der Waals surface area contributed by atoms with E-state index in [1.807, 2.05) is 0 Å². The molecule has 0 bridgehead atoms. The highest BCUT2D eigenvalue weighted by molar-refractivity contribution is 7.09. The van der Waals surface area contributed by atoms with Crippen molar-refractivity contribution >= 4 is 23.2 Å². The second kappa shape index (κ2) is 7.65. The Kier molecular flexibility index (Phi) is 5.47. The number of hydrogen-bond acceptors (Lipinski definition) is 5. The maximum absolute atomic E-state index is 12.6. The fourth-order valence-electron chi connectivity index (χ4n) is 2.74. The molecule has 2 unspecified atom stereocenters. The molecule has 144 valence electrons. The third kappa shape index (κ3) is 4.64. The van der Waals surface area contributed by atoms with Gasteiger partial charge in [-0.25, -0.2) is 4.98 Å². The van der Waals surface area contributed by atoms with Crippen LogP contribution in [0.1, 0.15) is 41.7 Å². The average molecular weight is 398 g/mol. The van der Waals surface area contributed by atoms with Crippen molar-refractivity contribution in [1.29, 1.82) is 0 Å². The van der Waals surface area contributed by atoms with Crippen molar-refractivity contribution in [3.05, 3.63) is 52.0 Å². The van der Waals surface area contributed by atoms with Crippen molar-refractivity contribution in [2.45, 2.75) is 37.8 Å². The number of nitrogens with zero attached hydrogens (tertiary/aromatic N) is 1. The van der Waals surface area contributed by atoms with E-state index in [9.17, 15) is 22.8 Å². The Balaban J connectivity index is 1.64. The van der Waals surface area contributed by atoms with Gasteiger partial charge in [0.1, 0.15) is 11.2 Å². The molecule has 2 aromatic rings. The molecule has 0 saturated carbocycles. The zero-order valence-corrected chi connectivity index (χ0v) is 15.0. The monoisotopic (exact) mass is 398 g/mol. The van der Waals surface area contributed by atoms with Crippen LogP contribution in [-0.2, 0) is 15.8 Å². The zero-order chi connectivity index (χ0) is 19.6. The van der Waals surface area contributed by atoms with Crippen LogP contribution < -0.4 is 16.0 Å². The molecule has 0 spiro atoms. The van der Waals surface area contributed by atoms with Crippen LogP contribution in [0.3, 0.4) is 0 Å². The highest BCUT2D eigenvalue weighted by Crippen LogP contribution is 2.30. The van der Waals surface area contributed by atoms with Crippen molar-refractivity contribution < 1.29 is 22.8 Å². The van der Waals surface area contributed by atoms with Gasteiger partial charge in [0.05, 0.1) is 24.1 Å². The standard InChI is InChI=1S/C17H17F3N4O2S/c1-9(10-2-4-11(5-3-10)17(18,19)20)22-15(26)12-8-13(25)24-14(23-12)16-21-6-7-27-16/h2-7,9,12,14,23H,8H2,1H3,(H,22,26)(H,24,25)/t9-,12?,14?/m1/s1. The molecule has 1 fully saturated rings. The predicted octanol–water partition coefficient (Wildman–Crippen LogP) is 2.52. The number of amides is 2. The van der Waals surface area contributed by atoms with Crippen LogP contribution in [0, 0.1) is 0 Å². The lowest BCUT2D eigenvalue weighted by atomic mass is 10.0. The molecule has 3 N–H and O–H groups in total. The van der Waals surface area contributed by atoms with Crippen LogP contribution in [0.15, 0.2) is 35.8 Å². The molecule has 27 heavy (non-hydrogen) atoms. The summed E-state index contributed by atoms with van der Waals surface area (Å²) in [5, 5.41) is 10.9. The molecule has 1 aliphatic heterocycles. The van der Waals surface area contributed by atoms with E-state index >= 15 is 0 Å². The number of nitrogens with one attached hydrogen (secondary N) is 3. The Hall–Kier alpha value is -2.46. The van der Waals surface area contributed by atoms with Gasteiger partial charge < -0.3 is 10.6 Å². The minimum absolute atomic E-state index is 0.0343. The van der Waals surface area contributed by atoms with Gasteiger partial charge >= 0.3 is 6.18 Å². The zero-order valence-electron chi connectivity index (χ0n) is 14.2. The van der Waals surface area contributed by atoms with Crippen molar-refractivity contribution in [1.82, 2.24) is 20.9 Å². The molecule has 1 aliphatic rings. The summed E-state index contributed by atoms with van der Waals surface area (Å²) in [6, 6.07) is 3.33. The first-order chi connectivity index (χ1) is 12.7. The van der Waals surface area contributed by atoms with Gasteiger partial charge in [-0.05, 0) is 24.6 Å². The molecule has 1 aromatic heterocycles. The van der Waals surface area contributed by atoms with Crippen LogP contribution in [0.5, 0.6) is 0 Å². The number of alkyl halides is 3. The largest absolute Gasteiger partial charge is 0.416 e. The lowest BCUT2D eigenvalue weighted by Gasteiger charge is -2.30. The lowest BCUT2D eigenvalue weighted by Crippen LogP contribution is -2.56. The van der Waals surface area contributed by atoms with E-state index in [0.717, 1.165) is 12.1 Å². The van der Waals surface area contributed by atoms with Gasteiger partial charge in [-0.1, -0.05) is 12.1 Å². The Morgan fingerprint density at radius 1 is 1.33 bits per heavy atom. The molecule has 2 heterocycles. The van der Waals surface area contributed by atoms with Crippen molar-refractivity contribution in [3.63, 3.8) is 0 Å². The van der Waals surface area contributed by atoms with Crippen LogP contribution in [-0.4, -0.2) is 22.8 Å². The SMILES string of the molecule is C[C@@H](NC(=O)C1CC(=O)NC(c2nccs2)N1)c1ccc(C(F)(F)F)cc1. The topological polar surface area (TPSA) is 83.1 Å². The fourth-order valence-corrected chi connectivity index (χ4v) is 3.39. The summed E-state index contributed by atoms with van der Waals surface area (Å²) in [4.78, 5) is 28.6. The highest BCUT2D eigenvalue weighted by Gasteiger charge is 2.33. The second-order valence-electron chi connectivity index (χ2n) is 6.14. The number of hydrogen-bond donors (Lipinski definition) is 3. The molecule has 1 aromatic carbocycles. The van der Waals surface area contributed by atoms with Gasteiger partial charge in [0, 0.05) is 11.6 Å². The average Bonchev–Trinajstić information content (AvgIpc) is 3.15. The molecule has 0 radical (unpaired) electrons. The molecule has 3 atom stereocenters. The molecular formula is C17H17F3N4O2S. The Labute approximate surface area is 157 Å². The van der Waals surface area contributed by atoms with Crippen LogP contribution in [0.4, 0.5) is 13.2 Å². The van der Waals surface area contributed by atoms with E-state index < -0.39 is 35.9 Å². The first kappa shape index (κ1) is 19.3. The van der Waals surface area contributed by atoms with Gasteiger partial charge in [-0.2, -0.15) is 13.2 Å². The van der Waals surface area contributed by atoms with E-state index in [1.165, 1.54) is 23.5 Å². The first-order valence-electron chi connectivity index (χ1n) is 8.16. The molecule has 1 saturated heterocycles. The van der Waals surface area contributed by atoms with Gasteiger partial charge in [0.2, 0.25) is 11.8 Å². The lowest BCUT2D eigenvalue weighted by molar-refractivity contribution is -0.137. The van der Waals surface area contributed by atoms with Crippen molar-refractivity contribution in [2.24, 2.45) is 0 Å². The molecule has 6 nitrogen and oxygen atoms in total. The quantitative estimate of drug-likeness (QED) is 0.739. The van der Waals surface area contributed by atoms with E-state index in [1.54, 1.807) is 18.5 Å². The number of thiazole rings is 1. The van der Waals surface area contributed by atoms with Gasteiger partial charge in [0.25, 0.3) is 0 Å². The van der Waals surface area contributed by atoms with Crippen molar-refractivity contribution in [2.75, 3.05) is 0 Å². The minimum Gasteiger partial charge on any atom is -0.348 e. The maximum atomic E-state index is 12.6. The summed E-state index contributed by atoms with van der Waals surface area (Å²) in [5.74, 6) is -0.685. The van der Waals surface area contributed by atoms with E-state index in [-0.39, 0.29) is 12.3 Å². The van der Waals surface area contributed by atoms with E-state index in [0.29, 0.717) is 10.6 Å². The van der Waals surface area contributed by atoms with E-state index in [4.69, 9.17) is 0 Å². The number of carbonyl (C=O) groups excluding carboxylic acids is 2. The normalized spacial score (nSPS) is 21.4. The summed E-state index contributed by atoms with van der Waals surface area (Å²) in [7, 11) is 0. The van der Waals surface area contributed by atoms with Crippen molar-refractivity contribution in [3.8, 4) is 0 Å². The van der Waals surface area contributed by atoms with Crippen LogP contribution in [0.2, 0.25) is 0 Å². The first-order valence-corrected chi connectivity index (χ1v) is 9.04. The fraction of sp³-hybridized carbons (Fsp3) is 0.353. The molecule has 3 rings (SSSR count). The molecular weight excluding hydrogens is 381 g/mol. The third-order valence-corrected chi connectivity index (χ3v) is 5.01. The molecule has 10 heteroatoms. The van der Waals surface area contributed by atoms with Crippen LogP contribution in [0.25, 0.3) is 0 Å².